The number of H-pyrrole nitrogens is 1. The minimum Gasteiger partial charge on any atom is -0.350 e. The fraction of sp³-hybridized carbons (Fsp3) is 0.500. The Morgan fingerprint density at radius 1 is 1.38 bits per heavy atom. The van der Waals surface area contributed by atoms with E-state index in [-0.39, 0.29) is 18.0 Å². The molecule has 0 saturated heterocycles. The monoisotopic (exact) mass is 356 g/mol. The van der Waals surface area contributed by atoms with Crippen LogP contribution in [-0.2, 0) is 0 Å². The number of hydrogen-bond acceptors (Lipinski definition) is 6. The highest BCUT2D eigenvalue weighted by Crippen LogP contribution is 2.44. The van der Waals surface area contributed by atoms with E-state index in [0.29, 0.717) is 22.4 Å². The van der Waals surface area contributed by atoms with E-state index >= 15 is 0 Å². The van der Waals surface area contributed by atoms with E-state index in [0.717, 1.165) is 31.4 Å². The van der Waals surface area contributed by atoms with Gasteiger partial charge in [-0.2, -0.15) is 0 Å². The maximum absolute atomic E-state index is 12.4. The second-order valence-electron chi connectivity index (χ2n) is 7.25. The second kappa shape index (κ2) is 6.37. The highest BCUT2D eigenvalue weighted by molar-refractivity contribution is 6.04. The summed E-state index contributed by atoms with van der Waals surface area (Å²) >= 11 is 0. The van der Waals surface area contributed by atoms with Crippen LogP contribution in [0.3, 0.4) is 0 Å². The van der Waals surface area contributed by atoms with Crippen LogP contribution in [0.15, 0.2) is 23.7 Å². The van der Waals surface area contributed by atoms with Gasteiger partial charge in [0.2, 0.25) is 0 Å². The Kier molecular flexibility index (Phi) is 4.16. The average molecular weight is 356 g/mol. The maximum atomic E-state index is 12.4. The van der Waals surface area contributed by atoms with Gasteiger partial charge in [-0.25, -0.2) is 9.97 Å². The molecule has 1 aliphatic carbocycles. The SMILES string of the molecule is CC(C)NC(=O)c1c[nH]c2ncc(C3C4=C(CCCC4)N(C)N3O)nc12. The largest absolute Gasteiger partial charge is 0.350 e. The molecule has 8 heteroatoms. The minimum atomic E-state index is -0.344. The Bertz CT molecular complexity index is 887. The van der Waals surface area contributed by atoms with E-state index in [2.05, 4.69) is 15.3 Å². The quantitative estimate of drug-likeness (QED) is 0.782. The molecule has 138 valence electrons. The van der Waals surface area contributed by atoms with Crippen molar-refractivity contribution in [1.82, 2.24) is 30.4 Å². The zero-order valence-corrected chi connectivity index (χ0v) is 15.3. The highest BCUT2D eigenvalue weighted by Gasteiger charge is 2.39. The smallest absolute Gasteiger partial charge is 0.255 e. The van der Waals surface area contributed by atoms with Crippen molar-refractivity contribution >= 4 is 17.1 Å². The van der Waals surface area contributed by atoms with E-state index in [9.17, 15) is 10.0 Å². The van der Waals surface area contributed by atoms with E-state index < -0.39 is 0 Å². The Morgan fingerprint density at radius 2 is 2.15 bits per heavy atom. The summed E-state index contributed by atoms with van der Waals surface area (Å²) in [5.74, 6) is -0.181. The van der Waals surface area contributed by atoms with Crippen LogP contribution in [0, 0.1) is 0 Å². The van der Waals surface area contributed by atoms with Crippen molar-refractivity contribution < 1.29 is 10.0 Å². The summed E-state index contributed by atoms with van der Waals surface area (Å²) in [5, 5.41) is 16.5. The number of nitrogens with zero attached hydrogens (tertiary/aromatic N) is 4. The first-order valence-corrected chi connectivity index (χ1v) is 9.06. The number of aromatic amines is 1. The predicted molar refractivity (Wildman–Crippen MR) is 96.1 cm³/mol. The molecule has 3 heterocycles. The fourth-order valence-electron chi connectivity index (χ4n) is 3.86. The molecule has 2 aliphatic rings. The molecule has 1 unspecified atom stereocenters. The zero-order valence-electron chi connectivity index (χ0n) is 15.3. The van der Waals surface area contributed by atoms with Crippen molar-refractivity contribution in [2.45, 2.75) is 51.6 Å². The number of rotatable bonds is 3. The summed E-state index contributed by atoms with van der Waals surface area (Å²) < 4.78 is 0. The summed E-state index contributed by atoms with van der Waals surface area (Å²) in [4.78, 5) is 24.6. The van der Waals surface area contributed by atoms with Crippen molar-refractivity contribution in [3.63, 3.8) is 0 Å². The summed E-state index contributed by atoms with van der Waals surface area (Å²) in [6.07, 6.45) is 7.45. The fourth-order valence-corrected chi connectivity index (χ4v) is 3.86. The molecule has 0 radical (unpaired) electrons. The number of aromatic nitrogens is 3. The van der Waals surface area contributed by atoms with Gasteiger partial charge in [-0.15, -0.1) is 0 Å². The molecule has 0 aromatic carbocycles. The lowest BCUT2D eigenvalue weighted by molar-refractivity contribution is -0.229. The van der Waals surface area contributed by atoms with Crippen molar-refractivity contribution in [1.29, 1.82) is 0 Å². The van der Waals surface area contributed by atoms with Crippen LogP contribution in [0.2, 0.25) is 0 Å². The number of hydroxylamine groups is 1. The van der Waals surface area contributed by atoms with Crippen LogP contribution in [0.5, 0.6) is 0 Å². The second-order valence-corrected chi connectivity index (χ2v) is 7.25. The van der Waals surface area contributed by atoms with Gasteiger partial charge in [0, 0.05) is 25.0 Å². The molecule has 26 heavy (non-hydrogen) atoms. The standard InChI is InChI=1S/C18H24N6O2/c1-10(2)21-18(25)12-8-19-17-15(12)22-13(9-20-17)16-11-6-4-5-7-14(11)23(3)24(16)26/h8-10,16,26H,4-7H2,1-3H3,(H,19,20)(H,21,25). The van der Waals surface area contributed by atoms with E-state index in [1.54, 1.807) is 17.4 Å². The first kappa shape index (κ1) is 17.0. The van der Waals surface area contributed by atoms with Crippen LogP contribution >= 0.6 is 0 Å². The summed E-state index contributed by atoms with van der Waals surface area (Å²) in [6, 6.07) is -0.307. The molecule has 1 atom stereocenters. The van der Waals surface area contributed by atoms with Gasteiger partial charge in [-0.3, -0.25) is 15.0 Å². The Morgan fingerprint density at radius 3 is 2.92 bits per heavy atom. The third-order valence-electron chi connectivity index (χ3n) is 5.08. The maximum Gasteiger partial charge on any atom is 0.255 e. The number of hydrazine groups is 1. The number of carbonyl (C=O) groups excluding carboxylic acids is 1. The predicted octanol–water partition coefficient (Wildman–Crippen LogP) is 2.52. The highest BCUT2D eigenvalue weighted by atomic mass is 16.6. The molecule has 1 amide bonds. The number of carbonyl (C=O) groups is 1. The first-order chi connectivity index (χ1) is 12.5. The molecule has 3 N–H and O–H groups in total. The van der Waals surface area contributed by atoms with Crippen molar-refractivity contribution in [3.05, 3.63) is 34.9 Å². The summed E-state index contributed by atoms with van der Waals surface area (Å²) in [6.45, 7) is 3.83. The van der Waals surface area contributed by atoms with Crippen LogP contribution in [0.1, 0.15) is 61.6 Å². The molecule has 0 spiro atoms. The Balaban J connectivity index is 1.75. The summed E-state index contributed by atoms with van der Waals surface area (Å²) in [5.41, 5.74) is 4.57. The van der Waals surface area contributed by atoms with Crippen molar-refractivity contribution in [3.8, 4) is 0 Å². The topological polar surface area (TPSA) is 97.4 Å². The molecule has 2 aromatic heterocycles. The average Bonchev–Trinajstić information content (AvgIpc) is 3.14. The summed E-state index contributed by atoms with van der Waals surface area (Å²) in [7, 11) is 1.87. The molecule has 4 rings (SSSR count). The first-order valence-electron chi connectivity index (χ1n) is 9.06. The zero-order chi connectivity index (χ0) is 18.4. The van der Waals surface area contributed by atoms with Crippen LogP contribution in [0.25, 0.3) is 11.2 Å². The van der Waals surface area contributed by atoms with E-state index in [4.69, 9.17) is 4.98 Å². The number of fused-ring (bicyclic) bond motifs is 1. The molecule has 1 aliphatic heterocycles. The lowest BCUT2D eigenvalue weighted by atomic mass is 9.91. The van der Waals surface area contributed by atoms with Crippen LogP contribution in [-0.4, -0.2) is 49.3 Å². The molecule has 2 aromatic rings. The van der Waals surface area contributed by atoms with Crippen molar-refractivity contribution in [2.24, 2.45) is 0 Å². The third kappa shape index (κ3) is 2.65. The Hall–Kier alpha value is -2.45. The third-order valence-corrected chi connectivity index (χ3v) is 5.08. The number of amides is 1. The van der Waals surface area contributed by atoms with Gasteiger partial charge in [-0.1, -0.05) is 5.17 Å². The van der Waals surface area contributed by atoms with Gasteiger partial charge in [0.15, 0.2) is 5.65 Å². The lowest BCUT2D eigenvalue weighted by Gasteiger charge is -2.26. The number of hydrogen-bond donors (Lipinski definition) is 3. The van der Waals surface area contributed by atoms with Gasteiger partial charge < -0.3 is 10.3 Å². The normalized spacial score (nSPS) is 21.0. The van der Waals surface area contributed by atoms with Gasteiger partial charge >= 0.3 is 0 Å². The van der Waals surface area contributed by atoms with Crippen LogP contribution < -0.4 is 5.32 Å². The number of allylic oxidation sites excluding steroid dienone is 1. The van der Waals surface area contributed by atoms with E-state index in [1.807, 2.05) is 20.9 Å². The van der Waals surface area contributed by atoms with E-state index in [1.165, 1.54) is 10.7 Å². The number of nitrogens with one attached hydrogen (secondary N) is 2. The lowest BCUT2D eigenvalue weighted by Crippen LogP contribution is -2.33. The van der Waals surface area contributed by atoms with Gasteiger partial charge in [0.05, 0.1) is 17.5 Å². The molecule has 0 fully saturated rings. The minimum absolute atomic E-state index is 0.0370. The Labute approximate surface area is 151 Å². The molecule has 8 nitrogen and oxygen atoms in total. The van der Waals surface area contributed by atoms with Crippen molar-refractivity contribution in [2.75, 3.05) is 7.05 Å². The van der Waals surface area contributed by atoms with Gasteiger partial charge in [0.25, 0.3) is 5.91 Å². The van der Waals surface area contributed by atoms with Gasteiger partial charge in [0.1, 0.15) is 11.6 Å². The molecular weight excluding hydrogens is 332 g/mol. The molecule has 0 saturated carbocycles. The van der Waals surface area contributed by atoms with Gasteiger partial charge in [-0.05, 0) is 45.1 Å². The van der Waals surface area contributed by atoms with Crippen LogP contribution in [0.4, 0.5) is 0 Å². The molecule has 0 bridgehead atoms. The molecular formula is C18H24N6O2.